The number of hydrogen-bond donors (Lipinski definition) is 1. The summed E-state index contributed by atoms with van der Waals surface area (Å²) in [5.41, 5.74) is 4.62. The number of nitrogens with one attached hydrogen (secondary N) is 1. The Kier molecular flexibility index (Phi) is 4.22. The molecule has 1 N–H and O–H groups in total. The number of rotatable bonds is 4. The van der Waals surface area contributed by atoms with E-state index in [1.165, 1.54) is 37.7 Å². The summed E-state index contributed by atoms with van der Waals surface area (Å²) in [6.45, 7) is 6.77. The van der Waals surface area contributed by atoms with Crippen LogP contribution in [0.5, 0.6) is 0 Å². The zero-order valence-corrected chi connectivity index (χ0v) is 11.4. The molecule has 1 nitrogen and oxygen atoms in total. The van der Waals surface area contributed by atoms with Crippen LogP contribution in [0.2, 0.25) is 0 Å². The molecule has 0 spiro atoms. The first-order valence-corrected chi connectivity index (χ1v) is 7.08. The number of hydrogen-bond acceptors (Lipinski definition) is 1. The van der Waals surface area contributed by atoms with Gasteiger partial charge in [-0.3, -0.25) is 0 Å². The summed E-state index contributed by atoms with van der Waals surface area (Å²) in [7, 11) is 0. The highest BCUT2D eigenvalue weighted by atomic mass is 14.9. The van der Waals surface area contributed by atoms with Gasteiger partial charge in [-0.1, -0.05) is 25.1 Å². The summed E-state index contributed by atoms with van der Waals surface area (Å²) < 4.78 is 0. The van der Waals surface area contributed by atoms with Crippen LogP contribution in [-0.4, -0.2) is 6.04 Å². The molecular weight excluding hydrogens is 206 g/mol. The maximum atomic E-state index is 3.65. The smallest absolute Gasteiger partial charge is 0.0294 e. The summed E-state index contributed by atoms with van der Waals surface area (Å²) in [5, 5.41) is 3.65. The summed E-state index contributed by atoms with van der Waals surface area (Å²) >= 11 is 0. The van der Waals surface area contributed by atoms with Crippen molar-refractivity contribution in [2.24, 2.45) is 0 Å². The molecule has 0 saturated carbocycles. The van der Waals surface area contributed by atoms with Gasteiger partial charge in [-0.05, 0) is 62.6 Å². The van der Waals surface area contributed by atoms with E-state index < -0.39 is 0 Å². The molecular formula is C16H25N. The Balaban J connectivity index is 2.10. The van der Waals surface area contributed by atoms with Crippen LogP contribution in [0.25, 0.3) is 0 Å². The lowest BCUT2D eigenvalue weighted by atomic mass is 9.89. The van der Waals surface area contributed by atoms with E-state index in [2.05, 4.69) is 44.3 Å². The fourth-order valence-electron chi connectivity index (χ4n) is 2.66. The van der Waals surface area contributed by atoms with Gasteiger partial charge in [0.25, 0.3) is 0 Å². The maximum Gasteiger partial charge on any atom is 0.0294 e. The Morgan fingerprint density at radius 2 is 1.82 bits per heavy atom. The lowest BCUT2D eigenvalue weighted by Gasteiger charge is -2.22. The predicted octanol–water partition coefficient (Wildman–Crippen LogP) is 4.01. The molecule has 1 heteroatoms. The summed E-state index contributed by atoms with van der Waals surface area (Å²) in [6.07, 6.45) is 6.48. The molecule has 1 aromatic rings. The van der Waals surface area contributed by atoms with Crippen LogP contribution in [-0.2, 0) is 12.8 Å². The molecule has 17 heavy (non-hydrogen) atoms. The van der Waals surface area contributed by atoms with E-state index in [4.69, 9.17) is 0 Å². The molecule has 94 valence electrons. The summed E-state index contributed by atoms with van der Waals surface area (Å²) in [5.74, 6) is 0. The minimum absolute atomic E-state index is 0.470. The van der Waals surface area contributed by atoms with E-state index >= 15 is 0 Å². The Labute approximate surface area is 106 Å². The van der Waals surface area contributed by atoms with Gasteiger partial charge in [0, 0.05) is 12.1 Å². The maximum absolute atomic E-state index is 3.65. The number of aryl methyl sites for hydroxylation is 2. The van der Waals surface area contributed by atoms with Gasteiger partial charge in [-0.2, -0.15) is 0 Å². The van der Waals surface area contributed by atoms with Gasteiger partial charge in [-0.15, -0.1) is 0 Å². The highest BCUT2D eigenvalue weighted by molar-refractivity contribution is 5.35. The van der Waals surface area contributed by atoms with Crippen molar-refractivity contribution in [2.75, 3.05) is 0 Å². The SMILES string of the molecule is CCC(C)NC(C)c1ccc2c(c1)CCCC2. The molecule has 1 aromatic carbocycles. The largest absolute Gasteiger partial charge is 0.308 e. The molecule has 1 aliphatic rings. The second kappa shape index (κ2) is 5.68. The third kappa shape index (κ3) is 3.10. The second-order valence-corrected chi connectivity index (χ2v) is 5.43. The van der Waals surface area contributed by atoms with E-state index in [0.717, 1.165) is 0 Å². The molecule has 0 bridgehead atoms. The van der Waals surface area contributed by atoms with Crippen molar-refractivity contribution in [1.29, 1.82) is 0 Å². The molecule has 0 radical (unpaired) electrons. The van der Waals surface area contributed by atoms with Gasteiger partial charge < -0.3 is 5.32 Å². The van der Waals surface area contributed by atoms with Crippen LogP contribution in [0.15, 0.2) is 18.2 Å². The van der Waals surface area contributed by atoms with Crippen LogP contribution in [0.1, 0.15) is 62.8 Å². The van der Waals surface area contributed by atoms with Crippen molar-refractivity contribution in [3.05, 3.63) is 34.9 Å². The first kappa shape index (κ1) is 12.6. The highest BCUT2D eigenvalue weighted by Crippen LogP contribution is 2.24. The Bertz CT molecular complexity index is 370. The van der Waals surface area contributed by atoms with Crippen LogP contribution >= 0.6 is 0 Å². The first-order valence-electron chi connectivity index (χ1n) is 7.08. The fraction of sp³-hybridized carbons (Fsp3) is 0.625. The Hall–Kier alpha value is -0.820. The van der Waals surface area contributed by atoms with Crippen LogP contribution in [0.3, 0.4) is 0 Å². The topological polar surface area (TPSA) is 12.0 Å². The summed E-state index contributed by atoms with van der Waals surface area (Å²) in [4.78, 5) is 0. The van der Waals surface area contributed by atoms with Crippen LogP contribution in [0.4, 0.5) is 0 Å². The monoisotopic (exact) mass is 231 g/mol. The normalized spacial score (nSPS) is 18.5. The lowest BCUT2D eigenvalue weighted by molar-refractivity contribution is 0.469. The van der Waals surface area contributed by atoms with Gasteiger partial charge in [-0.25, -0.2) is 0 Å². The molecule has 0 aromatic heterocycles. The number of fused-ring (bicyclic) bond motifs is 1. The standard InChI is InChI=1S/C16H25N/c1-4-12(2)17-13(3)15-10-9-14-7-5-6-8-16(14)11-15/h9-13,17H,4-8H2,1-3H3. The van der Waals surface area contributed by atoms with Gasteiger partial charge >= 0.3 is 0 Å². The van der Waals surface area contributed by atoms with Crippen molar-refractivity contribution in [1.82, 2.24) is 5.32 Å². The van der Waals surface area contributed by atoms with Crippen molar-refractivity contribution in [2.45, 2.75) is 65.0 Å². The highest BCUT2D eigenvalue weighted by Gasteiger charge is 2.13. The van der Waals surface area contributed by atoms with E-state index in [1.807, 2.05) is 0 Å². The van der Waals surface area contributed by atoms with E-state index in [0.29, 0.717) is 12.1 Å². The minimum Gasteiger partial charge on any atom is -0.308 e. The third-order valence-electron chi connectivity index (χ3n) is 4.02. The zero-order chi connectivity index (χ0) is 12.3. The average Bonchev–Trinajstić information content (AvgIpc) is 2.38. The number of benzene rings is 1. The Morgan fingerprint density at radius 1 is 1.12 bits per heavy atom. The van der Waals surface area contributed by atoms with E-state index in [9.17, 15) is 0 Å². The quantitative estimate of drug-likeness (QED) is 0.825. The van der Waals surface area contributed by atoms with Gasteiger partial charge in [0.2, 0.25) is 0 Å². The van der Waals surface area contributed by atoms with Crippen molar-refractivity contribution >= 4 is 0 Å². The van der Waals surface area contributed by atoms with Crippen molar-refractivity contribution in [3.63, 3.8) is 0 Å². The Morgan fingerprint density at radius 3 is 2.53 bits per heavy atom. The van der Waals surface area contributed by atoms with Crippen molar-refractivity contribution in [3.8, 4) is 0 Å². The molecule has 0 aliphatic heterocycles. The van der Waals surface area contributed by atoms with Crippen LogP contribution in [0, 0.1) is 0 Å². The zero-order valence-electron chi connectivity index (χ0n) is 11.4. The molecule has 0 fully saturated rings. The molecule has 2 atom stereocenters. The lowest BCUT2D eigenvalue weighted by Crippen LogP contribution is -2.28. The molecule has 0 saturated heterocycles. The molecule has 1 aliphatic carbocycles. The second-order valence-electron chi connectivity index (χ2n) is 5.43. The van der Waals surface area contributed by atoms with E-state index in [1.54, 1.807) is 11.1 Å². The molecule has 0 amide bonds. The van der Waals surface area contributed by atoms with Gasteiger partial charge in [0.1, 0.15) is 0 Å². The predicted molar refractivity (Wildman–Crippen MR) is 74.4 cm³/mol. The first-order chi connectivity index (χ1) is 8.20. The molecule has 0 heterocycles. The van der Waals surface area contributed by atoms with Crippen LogP contribution < -0.4 is 5.32 Å². The van der Waals surface area contributed by atoms with Crippen molar-refractivity contribution < 1.29 is 0 Å². The summed E-state index contributed by atoms with van der Waals surface area (Å²) in [6, 6.07) is 8.15. The molecule has 2 unspecified atom stereocenters. The average molecular weight is 231 g/mol. The van der Waals surface area contributed by atoms with Gasteiger partial charge in [0.15, 0.2) is 0 Å². The minimum atomic E-state index is 0.470. The molecule has 2 rings (SSSR count). The third-order valence-corrected chi connectivity index (χ3v) is 4.02. The van der Waals surface area contributed by atoms with E-state index in [-0.39, 0.29) is 0 Å². The van der Waals surface area contributed by atoms with Gasteiger partial charge in [0.05, 0.1) is 0 Å². The fourth-order valence-corrected chi connectivity index (χ4v) is 2.66.